The monoisotopic (exact) mass is 379 g/mol. The quantitative estimate of drug-likeness (QED) is 0.577. The van der Waals surface area contributed by atoms with Crippen molar-refractivity contribution in [1.29, 1.82) is 0 Å². The molecule has 0 radical (unpaired) electrons. The third kappa shape index (κ3) is 4.32. The van der Waals surface area contributed by atoms with E-state index in [9.17, 15) is 0 Å². The summed E-state index contributed by atoms with van der Waals surface area (Å²) in [4.78, 5) is 4.35. The predicted octanol–water partition coefficient (Wildman–Crippen LogP) is 3.85. The maximum Gasteiger partial charge on any atom is 0.237 e. The Labute approximate surface area is 154 Å². The highest BCUT2D eigenvalue weighted by molar-refractivity contribution is 7.98. The van der Waals surface area contributed by atoms with E-state index in [0.29, 0.717) is 34.1 Å². The van der Waals surface area contributed by atoms with E-state index in [2.05, 4.69) is 20.3 Å². The van der Waals surface area contributed by atoms with Gasteiger partial charge in [-0.2, -0.15) is 4.98 Å². The number of thioether (sulfide) groups is 1. The number of hydrogen-bond donors (Lipinski definition) is 0. The van der Waals surface area contributed by atoms with Crippen LogP contribution in [-0.2, 0) is 19.4 Å². The van der Waals surface area contributed by atoms with Crippen LogP contribution in [-0.4, -0.2) is 24.9 Å². The molecule has 25 heavy (non-hydrogen) atoms. The summed E-state index contributed by atoms with van der Waals surface area (Å²) in [5.41, 5.74) is 0. The zero-order valence-electron chi connectivity index (χ0n) is 14.1. The molecule has 0 saturated carbocycles. The van der Waals surface area contributed by atoms with Crippen LogP contribution < -0.4 is 4.74 Å². The van der Waals surface area contributed by atoms with Gasteiger partial charge in [-0.05, 0) is 12.1 Å². The van der Waals surface area contributed by atoms with E-state index in [-0.39, 0.29) is 12.5 Å². The average Bonchev–Trinajstić information content (AvgIpc) is 3.20. The van der Waals surface area contributed by atoms with Crippen LogP contribution in [0.25, 0.3) is 0 Å². The molecule has 3 rings (SSSR count). The number of hydrogen-bond acceptors (Lipinski definition) is 7. The lowest BCUT2D eigenvalue weighted by molar-refractivity contribution is 0.290. The number of halogens is 1. The second kappa shape index (κ2) is 7.88. The minimum absolute atomic E-state index is 0.242. The molecular weight excluding hydrogens is 362 g/mol. The molecule has 0 spiro atoms. The molecule has 7 nitrogen and oxygen atoms in total. The maximum absolute atomic E-state index is 6.08. The van der Waals surface area contributed by atoms with Crippen molar-refractivity contribution in [3.8, 4) is 5.75 Å². The first-order valence-electron chi connectivity index (χ1n) is 7.75. The molecule has 1 aromatic carbocycles. The number of para-hydroxylation sites is 1. The van der Waals surface area contributed by atoms with E-state index in [4.69, 9.17) is 20.9 Å². The van der Waals surface area contributed by atoms with Gasteiger partial charge in [0.05, 0.1) is 10.8 Å². The van der Waals surface area contributed by atoms with Crippen LogP contribution in [0.15, 0.2) is 33.9 Å². The fourth-order valence-corrected chi connectivity index (χ4v) is 2.95. The molecule has 3 aromatic rings. The van der Waals surface area contributed by atoms with E-state index in [0.717, 1.165) is 5.16 Å². The Balaban J connectivity index is 1.59. The zero-order valence-corrected chi connectivity index (χ0v) is 15.7. The standard InChI is InChI=1S/C16H18ClN5O2S/c1-10(2)15-18-14(24-21-15)9-25-16-20-19-13(22(16)3)8-23-12-7-5-4-6-11(12)17/h4-7,10H,8-9H2,1-3H3. The van der Waals surface area contributed by atoms with Crippen LogP contribution in [0, 0.1) is 0 Å². The fraction of sp³-hybridized carbons (Fsp3) is 0.375. The molecule has 2 aromatic heterocycles. The van der Waals surface area contributed by atoms with Gasteiger partial charge in [0, 0.05) is 13.0 Å². The lowest BCUT2D eigenvalue weighted by Gasteiger charge is -2.07. The van der Waals surface area contributed by atoms with Crippen molar-refractivity contribution < 1.29 is 9.26 Å². The van der Waals surface area contributed by atoms with Gasteiger partial charge in [0.15, 0.2) is 16.8 Å². The molecule has 0 amide bonds. The third-order valence-electron chi connectivity index (χ3n) is 3.44. The molecule has 0 aliphatic carbocycles. The lowest BCUT2D eigenvalue weighted by atomic mass is 10.2. The number of benzene rings is 1. The number of aromatic nitrogens is 5. The van der Waals surface area contributed by atoms with Gasteiger partial charge < -0.3 is 13.8 Å². The molecule has 0 N–H and O–H groups in total. The summed E-state index contributed by atoms with van der Waals surface area (Å²) >= 11 is 7.56. The Morgan fingerprint density at radius 3 is 2.80 bits per heavy atom. The largest absolute Gasteiger partial charge is 0.484 e. The lowest BCUT2D eigenvalue weighted by Crippen LogP contribution is -2.04. The van der Waals surface area contributed by atoms with Crippen molar-refractivity contribution in [1.82, 2.24) is 24.9 Å². The molecule has 0 aliphatic rings. The highest BCUT2D eigenvalue weighted by Gasteiger charge is 2.14. The normalized spacial score (nSPS) is 11.2. The van der Waals surface area contributed by atoms with Crippen molar-refractivity contribution >= 4 is 23.4 Å². The highest BCUT2D eigenvalue weighted by atomic mass is 35.5. The van der Waals surface area contributed by atoms with Gasteiger partial charge in [-0.25, -0.2) is 0 Å². The minimum atomic E-state index is 0.242. The summed E-state index contributed by atoms with van der Waals surface area (Å²) in [6, 6.07) is 7.32. The Morgan fingerprint density at radius 2 is 2.08 bits per heavy atom. The average molecular weight is 380 g/mol. The van der Waals surface area contributed by atoms with Crippen LogP contribution in [0.3, 0.4) is 0 Å². The van der Waals surface area contributed by atoms with Crippen molar-refractivity contribution in [2.75, 3.05) is 0 Å². The molecule has 2 heterocycles. The fourth-order valence-electron chi connectivity index (χ4n) is 1.99. The molecule has 0 unspecified atom stereocenters. The van der Waals surface area contributed by atoms with Crippen molar-refractivity contribution in [3.63, 3.8) is 0 Å². The Bertz CT molecular complexity index is 849. The summed E-state index contributed by atoms with van der Waals surface area (Å²) in [7, 11) is 1.89. The Morgan fingerprint density at radius 1 is 1.28 bits per heavy atom. The SMILES string of the molecule is CC(C)c1noc(CSc2nnc(COc3ccccc3Cl)n2C)n1. The molecule has 9 heteroatoms. The Hall–Kier alpha value is -2.06. The first-order valence-corrected chi connectivity index (χ1v) is 9.12. The van der Waals surface area contributed by atoms with Crippen LogP contribution >= 0.6 is 23.4 Å². The van der Waals surface area contributed by atoms with Gasteiger partial charge in [0.2, 0.25) is 5.89 Å². The van der Waals surface area contributed by atoms with E-state index >= 15 is 0 Å². The maximum atomic E-state index is 6.08. The molecule has 0 saturated heterocycles. The van der Waals surface area contributed by atoms with Gasteiger partial charge in [-0.3, -0.25) is 0 Å². The first kappa shape index (κ1) is 17.8. The minimum Gasteiger partial charge on any atom is -0.484 e. The van der Waals surface area contributed by atoms with Gasteiger partial charge in [-0.15, -0.1) is 10.2 Å². The van der Waals surface area contributed by atoms with E-state index < -0.39 is 0 Å². The van der Waals surface area contributed by atoms with Gasteiger partial charge in [0.1, 0.15) is 12.4 Å². The predicted molar refractivity (Wildman–Crippen MR) is 94.7 cm³/mol. The van der Waals surface area contributed by atoms with E-state index in [1.165, 1.54) is 11.8 Å². The van der Waals surface area contributed by atoms with Crippen LogP contribution in [0.4, 0.5) is 0 Å². The topological polar surface area (TPSA) is 78.9 Å². The molecule has 0 fully saturated rings. The van der Waals surface area contributed by atoms with Crippen molar-refractivity contribution in [2.24, 2.45) is 7.05 Å². The number of nitrogens with zero attached hydrogens (tertiary/aromatic N) is 5. The summed E-state index contributed by atoms with van der Waals surface area (Å²) in [5, 5.41) is 13.6. The second-order valence-corrected chi connectivity index (χ2v) is 7.02. The summed E-state index contributed by atoms with van der Waals surface area (Å²) in [6.45, 7) is 4.33. The van der Waals surface area contributed by atoms with Crippen LogP contribution in [0.5, 0.6) is 5.75 Å². The zero-order chi connectivity index (χ0) is 17.8. The smallest absolute Gasteiger partial charge is 0.237 e. The van der Waals surface area contributed by atoms with Crippen molar-refractivity contribution in [2.45, 2.75) is 37.3 Å². The summed E-state index contributed by atoms with van der Waals surface area (Å²) < 4.78 is 12.8. The summed E-state index contributed by atoms with van der Waals surface area (Å²) in [6.07, 6.45) is 0. The van der Waals surface area contributed by atoms with Crippen LogP contribution in [0.1, 0.15) is 37.3 Å². The van der Waals surface area contributed by atoms with Gasteiger partial charge in [0.25, 0.3) is 0 Å². The molecule has 0 atom stereocenters. The number of rotatable bonds is 7. The molecule has 132 valence electrons. The van der Waals surface area contributed by atoms with Gasteiger partial charge in [-0.1, -0.05) is 54.5 Å². The van der Waals surface area contributed by atoms with E-state index in [1.807, 2.05) is 43.7 Å². The molecule has 0 bridgehead atoms. The highest BCUT2D eigenvalue weighted by Crippen LogP contribution is 2.25. The molecular formula is C16H18ClN5O2S. The van der Waals surface area contributed by atoms with E-state index in [1.54, 1.807) is 6.07 Å². The summed E-state index contributed by atoms with van der Waals surface area (Å²) in [5.74, 6) is 3.39. The second-order valence-electron chi connectivity index (χ2n) is 5.67. The third-order valence-corrected chi connectivity index (χ3v) is 4.76. The first-order chi connectivity index (χ1) is 12.0. The molecule has 0 aliphatic heterocycles. The number of ether oxygens (including phenoxy) is 1. The van der Waals surface area contributed by atoms with Crippen LogP contribution in [0.2, 0.25) is 5.02 Å². The van der Waals surface area contributed by atoms with Crippen molar-refractivity contribution in [3.05, 3.63) is 46.8 Å². The van der Waals surface area contributed by atoms with Gasteiger partial charge >= 0.3 is 0 Å². The Kier molecular flexibility index (Phi) is 5.60.